The highest BCUT2D eigenvalue weighted by Gasteiger charge is 2.21. The maximum Gasteiger partial charge on any atom is 0.269 e. The zero-order chi connectivity index (χ0) is 14.1. The summed E-state index contributed by atoms with van der Waals surface area (Å²) in [4.78, 5) is 12.0. The molecular weight excluding hydrogens is 297 g/mol. The molecule has 0 atom stereocenters. The predicted molar refractivity (Wildman–Crippen MR) is 80.7 cm³/mol. The molecule has 1 heterocycles. The summed E-state index contributed by atoms with van der Waals surface area (Å²) in [6.07, 6.45) is 3.98. The van der Waals surface area contributed by atoms with Gasteiger partial charge < -0.3 is 5.32 Å². The van der Waals surface area contributed by atoms with Gasteiger partial charge in [-0.3, -0.25) is 4.79 Å². The highest BCUT2D eigenvalue weighted by atomic mass is 35.5. The maximum atomic E-state index is 12.0. The lowest BCUT2D eigenvalue weighted by molar-refractivity contribution is 0.639. The SMILES string of the molecule is O=c1cc(NC2CC2)cnn1Cc1ccc(Cl)cc1Cl. The van der Waals surface area contributed by atoms with E-state index in [1.54, 1.807) is 30.5 Å². The van der Waals surface area contributed by atoms with Crippen LogP contribution in [-0.4, -0.2) is 15.8 Å². The number of aromatic nitrogens is 2. The third kappa shape index (κ3) is 3.14. The minimum Gasteiger partial charge on any atom is -0.381 e. The van der Waals surface area contributed by atoms with Crippen LogP contribution in [0.5, 0.6) is 0 Å². The van der Waals surface area contributed by atoms with Crippen LogP contribution < -0.4 is 10.9 Å². The van der Waals surface area contributed by atoms with Gasteiger partial charge in [0.25, 0.3) is 5.56 Å². The first-order valence-electron chi connectivity index (χ1n) is 6.39. The molecule has 1 aliphatic rings. The Morgan fingerprint density at radius 1 is 1.30 bits per heavy atom. The average Bonchev–Trinajstić information content (AvgIpc) is 3.19. The van der Waals surface area contributed by atoms with Gasteiger partial charge in [0.15, 0.2) is 0 Å². The summed E-state index contributed by atoms with van der Waals surface area (Å²) >= 11 is 11.9. The van der Waals surface area contributed by atoms with Crippen LogP contribution in [0.3, 0.4) is 0 Å². The maximum absolute atomic E-state index is 12.0. The molecule has 1 N–H and O–H groups in total. The molecule has 6 heteroatoms. The monoisotopic (exact) mass is 309 g/mol. The second kappa shape index (κ2) is 5.46. The van der Waals surface area contributed by atoms with Crippen molar-refractivity contribution >= 4 is 28.9 Å². The van der Waals surface area contributed by atoms with Crippen LogP contribution in [0.1, 0.15) is 18.4 Å². The van der Waals surface area contributed by atoms with Crippen LogP contribution in [-0.2, 0) is 6.54 Å². The second-order valence-electron chi connectivity index (χ2n) is 4.89. The molecule has 0 spiro atoms. The Hall–Kier alpha value is -1.52. The lowest BCUT2D eigenvalue weighted by atomic mass is 10.2. The first kappa shape index (κ1) is 13.5. The van der Waals surface area contributed by atoms with E-state index in [4.69, 9.17) is 23.2 Å². The fourth-order valence-corrected chi connectivity index (χ4v) is 2.37. The van der Waals surface area contributed by atoms with Crippen LogP contribution in [0.25, 0.3) is 0 Å². The van der Waals surface area contributed by atoms with E-state index in [9.17, 15) is 4.79 Å². The van der Waals surface area contributed by atoms with Crippen LogP contribution >= 0.6 is 23.2 Å². The zero-order valence-corrected chi connectivity index (χ0v) is 12.2. The highest BCUT2D eigenvalue weighted by Crippen LogP contribution is 2.24. The number of nitrogens with zero attached hydrogens (tertiary/aromatic N) is 2. The Bertz CT molecular complexity index is 695. The number of hydrogen-bond donors (Lipinski definition) is 1. The van der Waals surface area contributed by atoms with Gasteiger partial charge in [-0.05, 0) is 30.5 Å². The van der Waals surface area contributed by atoms with Gasteiger partial charge in [-0.1, -0.05) is 29.3 Å². The van der Waals surface area contributed by atoms with Crippen molar-refractivity contribution in [2.45, 2.75) is 25.4 Å². The van der Waals surface area contributed by atoms with Gasteiger partial charge in [0.05, 0.1) is 18.4 Å². The van der Waals surface area contributed by atoms with Gasteiger partial charge in [0, 0.05) is 22.2 Å². The van der Waals surface area contributed by atoms with E-state index in [0.29, 0.717) is 22.6 Å². The molecule has 0 radical (unpaired) electrons. The molecule has 3 rings (SSSR count). The molecule has 1 aromatic heterocycles. The Labute approximate surface area is 126 Å². The Balaban J connectivity index is 1.81. The molecule has 2 aromatic rings. The fraction of sp³-hybridized carbons (Fsp3) is 0.286. The second-order valence-corrected chi connectivity index (χ2v) is 5.74. The lowest BCUT2D eigenvalue weighted by Crippen LogP contribution is -2.23. The van der Waals surface area contributed by atoms with Crippen molar-refractivity contribution in [1.29, 1.82) is 0 Å². The molecule has 0 aliphatic heterocycles. The molecule has 0 bridgehead atoms. The van der Waals surface area contributed by atoms with Gasteiger partial charge in [0.1, 0.15) is 0 Å². The van der Waals surface area contributed by atoms with Crippen molar-refractivity contribution in [3.63, 3.8) is 0 Å². The van der Waals surface area contributed by atoms with Crippen molar-refractivity contribution in [2.24, 2.45) is 0 Å². The number of anilines is 1. The van der Waals surface area contributed by atoms with E-state index in [1.807, 2.05) is 0 Å². The third-order valence-corrected chi connectivity index (χ3v) is 3.74. The van der Waals surface area contributed by atoms with Crippen LogP contribution in [0.15, 0.2) is 35.3 Å². The van der Waals surface area contributed by atoms with Crippen molar-refractivity contribution < 1.29 is 0 Å². The van der Waals surface area contributed by atoms with Gasteiger partial charge in [0.2, 0.25) is 0 Å². The molecule has 0 unspecified atom stereocenters. The molecule has 4 nitrogen and oxygen atoms in total. The van der Waals surface area contributed by atoms with Crippen LogP contribution in [0.4, 0.5) is 5.69 Å². The van der Waals surface area contributed by atoms with Gasteiger partial charge in [-0.25, -0.2) is 4.68 Å². The molecule has 0 amide bonds. The van der Waals surface area contributed by atoms with E-state index in [2.05, 4.69) is 10.4 Å². The Morgan fingerprint density at radius 3 is 2.75 bits per heavy atom. The molecule has 1 saturated carbocycles. The summed E-state index contributed by atoms with van der Waals surface area (Å²) in [7, 11) is 0. The average molecular weight is 310 g/mol. The largest absolute Gasteiger partial charge is 0.381 e. The quantitative estimate of drug-likeness (QED) is 0.943. The first-order chi connectivity index (χ1) is 9.61. The van der Waals surface area contributed by atoms with E-state index in [-0.39, 0.29) is 5.56 Å². The summed E-state index contributed by atoms with van der Waals surface area (Å²) in [5.41, 5.74) is 1.44. The standard InChI is InChI=1S/C14H13Cl2N3O/c15-10-2-1-9(13(16)5-10)8-19-14(20)6-12(7-17-19)18-11-3-4-11/h1-2,5-7,11,18H,3-4,8H2. The number of hydrogen-bond acceptors (Lipinski definition) is 3. The van der Waals surface area contributed by atoms with Gasteiger partial charge in [-0.2, -0.15) is 5.10 Å². The number of rotatable bonds is 4. The number of nitrogens with one attached hydrogen (secondary N) is 1. The van der Waals surface area contributed by atoms with Gasteiger partial charge >= 0.3 is 0 Å². The van der Waals surface area contributed by atoms with Crippen molar-refractivity contribution in [2.75, 3.05) is 5.32 Å². The zero-order valence-electron chi connectivity index (χ0n) is 10.6. The highest BCUT2D eigenvalue weighted by molar-refractivity contribution is 6.35. The Morgan fingerprint density at radius 2 is 2.10 bits per heavy atom. The summed E-state index contributed by atoms with van der Waals surface area (Å²) in [5, 5.41) is 8.52. The molecule has 1 aromatic carbocycles. The predicted octanol–water partition coefficient (Wildman–Crippen LogP) is 3.17. The molecule has 20 heavy (non-hydrogen) atoms. The molecule has 0 saturated heterocycles. The molecule has 1 fully saturated rings. The summed E-state index contributed by atoms with van der Waals surface area (Å²) < 4.78 is 1.38. The smallest absolute Gasteiger partial charge is 0.269 e. The van der Waals surface area contributed by atoms with Crippen molar-refractivity contribution in [3.8, 4) is 0 Å². The van der Waals surface area contributed by atoms with Crippen molar-refractivity contribution in [3.05, 3.63) is 56.4 Å². The van der Waals surface area contributed by atoms with E-state index in [1.165, 1.54) is 4.68 Å². The van der Waals surface area contributed by atoms with E-state index in [0.717, 1.165) is 24.1 Å². The van der Waals surface area contributed by atoms with Gasteiger partial charge in [-0.15, -0.1) is 0 Å². The van der Waals surface area contributed by atoms with E-state index >= 15 is 0 Å². The topological polar surface area (TPSA) is 46.9 Å². The summed E-state index contributed by atoms with van der Waals surface area (Å²) in [6, 6.07) is 7.27. The third-order valence-electron chi connectivity index (χ3n) is 3.15. The number of benzene rings is 1. The minimum atomic E-state index is -0.151. The van der Waals surface area contributed by atoms with Crippen LogP contribution in [0, 0.1) is 0 Å². The summed E-state index contributed by atoms with van der Waals surface area (Å²) in [5.74, 6) is 0. The fourth-order valence-electron chi connectivity index (χ4n) is 1.91. The Kier molecular flexibility index (Phi) is 3.68. The van der Waals surface area contributed by atoms with Crippen molar-refractivity contribution in [1.82, 2.24) is 9.78 Å². The molecule has 1 aliphatic carbocycles. The van der Waals surface area contributed by atoms with Crippen LogP contribution in [0.2, 0.25) is 10.0 Å². The minimum absolute atomic E-state index is 0.151. The number of halogens is 2. The summed E-state index contributed by atoms with van der Waals surface area (Å²) in [6.45, 7) is 0.332. The molecular formula is C14H13Cl2N3O. The normalized spacial score (nSPS) is 14.3. The first-order valence-corrected chi connectivity index (χ1v) is 7.15. The lowest BCUT2D eigenvalue weighted by Gasteiger charge is -2.08. The molecule has 104 valence electrons. The van der Waals surface area contributed by atoms with E-state index < -0.39 is 0 Å².